The highest BCUT2D eigenvalue weighted by Gasteiger charge is 2.14. The summed E-state index contributed by atoms with van der Waals surface area (Å²) >= 11 is 0. The van der Waals surface area contributed by atoms with Crippen LogP contribution in [0.3, 0.4) is 0 Å². The number of para-hydroxylation sites is 2. The molecule has 0 aliphatic rings. The van der Waals surface area contributed by atoms with Gasteiger partial charge >= 0.3 is 5.69 Å². The second-order valence-electron chi connectivity index (χ2n) is 5.00. The Hall–Kier alpha value is -2.89. The largest absolute Gasteiger partial charge is 0.450 e. The number of rotatable bonds is 5. The molecule has 0 heterocycles. The number of nitrogens with one attached hydrogen (secondary N) is 1. The summed E-state index contributed by atoms with van der Waals surface area (Å²) in [6.45, 7) is 3.61. The van der Waals surface area contributed by atoms with Crippen LogP contribution >= 0.6 is 0 Å². The van der Waals surface area contributed by atoms with E-state index in [0.717, 1.165) is 0 Å². The summed E-state index contributed by atoms with van der Waals surface area (Å²) < 4.78 is 5.52. The normalized spacial score (nSPS) is 10.3. The Bertz CT molecular complexity index is 681. The molecule has 1 amide bonds. The predicted molar refractivity (Wildman–Crippen MR) is 83.1 cm³/mol. The SMILES string of the molecule is CC(C)C(=O)Nc1ccc(Oc2ccccc2[N+](=O)[O-])cc1. The zero-order valence-corrected chi connectivity index (χ0v) is 12.3. The first kappa shape index (κ1) is 15.5. The van der Waals surface area contributed by atoms with Crippen molar-refractivity contribution >= 4 is 17.3 Å². The third kappa shape index (κ3) is 3.82. The Labute approximate surface area is 127 Å². The van der Waals surface area contributed by atoms with Crippen LogP contribution in [0.25, 0.3) is 0 Å². The number of nitrogens with zero attached hydrogens (tertiary/aromatic N) is 1. The van der Waals surface area contributed by atoms with Crippen molar-refractivity contribution in [3.05, 3.63) is 58.6 Å². The minimum atomic E-state index is -0.493. The third-order valence-electron chi connectivity index (χ3n) is 2.94. The lowest BCUT2D eigenvalue weighted by molar-refractivity contribution is -0.385. The molecule has 6 heteroatoms. The fourth-order valence-electron chi connectivity index (χ4n) is 1.71. The van der Waals surface area contributed by atoms with E-state index < -0.39 is 4.92 Å². The maximum absolute atomic E-state index is 11.6. The summed E-state index contributed by atoms with van der Waals surface area (Å²) in [4.78, 5) is 22.0. The first-order chi connectivity index (χ1) is 10.5. The van der Waals surface area contributed by atoms with Crippen molar-refractivity contribution in [3.63, 3.8) is 0 Å². The van der Waals surface area contributed by atoms with E-state index in [-0.39, 0.29) is 23.3 Å². The monoisotopic (exact) mass is 300 g/mol. The fraction of sp³-hybridized carbons (Fsp3) is 0.188. The Morgan fingerprint density at radius 2 is 1.77 bits per heavy atom. The Morgan fingerprint density at radius 3 is 2.36 bits per heavy atom. The van der Waals surface area contributed by atoms with Crippen molar-refractivity contribution in [3.8, 4) is 11.5 Å². The molecule has 0 saturated carbocycles. The van der Waals surface area contributed by atoms with Crippen molar-refractivity contribution in [2.45, 2.75) is 13.8 Å². The van der Waals surface area contributed by atoms with Crippen LogP contribution < -0.4 is 10.1 Å². The van der Waals surface area contributed by atoms with Crippen LogP contribution in [0.15, 0.2) is 48.5 Å². The van der Waals surface area contributed by atoms with E-state index >= 15 is 0 Å². The van der Waals surface area contributed by atoms with Crippen LogP contribution in [0.5, 0.6) is 11.5 Å². The van der Waals surface area contributed by atoms with Gasteiger partial charge in [0.2, 0.25) is 11.7 Å². The maximum atomic E-state index is 11.6. The van der Waals surface area contributed by atoms with Crippen molar-refractivity contribution in [1.82, 2.24) is 0 Å². The molecule has 0 radical (unpaired) electrons. The standard InChI is InChI=1S/C16H16N2O4/c1-11(2)16(19)17-12-7-9-13(10-8-12)22-15-6-4-3-5-14(15)18(20)21/h3-11H,1-2H3,(H,17,19). The fourth-order valence-corrected chi connectivity index (χ4v) is 1.71. The zero-order chi connectivity index (χ0) is 16.1. The van der Waals surface area contributed by atoms with E-state index in [4.69, 9.17) is 4.74 Å². The third-order valence-corrected chi connectivity index (χ3v) is 2.94. The number of nitro groups is 1. The molecule has 0 spiro atoms. The van der Waals surface area contributed by atoms with E-state index in [0.29, 0.717) is 11.4 Å². The molecule has 2 aromatic carbocycles. The second-order valence-corrected chi connectivity index (χ2v) is 5.00. The Morgan fingerprint density at radius 1 is 1.14 bits per heavy atom. The summed E-state index contributed by atoms with van der Waals surface area (Å²) in [5, 5.41) is 13.7. The number of benzene rings is 2. The van der Waals surface area contributed by atoms with E-state index in [9.17, 15) is 14.9 Å². The molecular weight excluding hydrogens is 284 g/mol. The summed E-state index contributed by atoms with van der Waals surface area (Å²) in [6, 6.07) is 12.8. The predicted octanol–water partition coefficient (Wildman–Crippen LogP) is 3.98. The number of anilines is 1. The van der Waals surface area contributed by atoms with Gasteiger partial charge in [-0.2, -0.15) is 0 Å². The first-order valence-corrected chi connectivity index (χ1v) is 6.79. The van der Waals surface area contributed by atoms with Gasteiger partial charge in [0.1, 0.15) is 5.75 Å². The lowest BCUT2D eigenvalue weighted by Crippen LogP contribution is -2.17. The van der Waals surface area contributed by atoms with Crippen LogP contribution in [0.2, 0.25) is 0 Å². The minimum Gasteiger partial charge on any atom is -0.450 e. The highest BCUT2D eigenvalue weighted by molar-refractivity contribution is 5.92. The van der Waals surface area contributed by atoms with E-state index in [1.165, 1.54) is 12.1 Å². The molecule has 2 aromatic rings. The van der Waals surface area contributed by atoms with Crippen LogP contribution in [0.4, 0.5) is 11.4 Å². The molecule has 0 unspecified atom stereocenters. The number of carbonyl (C=O) groups is 1. The van der Waals surface area contributed by atoms with Gasteiger partial charge < -0.3 is 10.1 Å². The molecule has 114 valence electrons. The number of carbonyl (C=O) groups excluding carboxylic acids is 1. The van der Waals surface area contributed by atoms with Crippen molar-refractivity contribution in [2.75, 3.05) is 5.32 Å². The molecule has 0 aliphatic heterocycles. The number of amides is 1. The molecule has 22 heavy (non-hydrogen) atoms. The van der Waals surface area contributed by atoms with Gasteiger partial charge in [0.25, 0.3) is 0 Å². The van der Waals surface area contributed by atoms with Gasteiger partial charge in [0.15, 0.2) is 0 Å². The summed E-state index contributed by atoms with van der Waals surface area (Å²) in [7, 11) is 0. The van der Waals surface area contributed by atoms with Crippen molar-refractivity contribution in [1.29, 1.82) is 0 Å². The van der Waals surface area contributed by atoms with Gasteiger partial charge in [0, 0.05) is 17.7 Å². The number of hydrogen-bond donors (Lipinski definition) is 1. The van der Waals surface area contributed by atoms with Gasteiger partial charge in [-0.25, -0.2) is 0 Å². The highest BCUT2D eigenvalue weighted by atomic mass is 16.6. The topological polar surface area (TPSA) is 81.5 Å². The molecule has 0 saturated heterocycles. The quantitative estimate of drug-likeness (QED) is 0.669. The van der Waals surface area contributed by atoms with Crippen molar-refractivity contribution in [2.24, 2.45) is 5.92 Å². The summed E-state index contributed by atoms with van der Waals surface area (Å²) in [6.07, 6.45) is 0. The smallest absolute Gasteiger partial charge is 0.311 e. The number of nitro benzene ring substituents is 1. The van der Waals surface area contributed by atoms with Gasteiger partial charge in [-0.15, -0.1) is 0 Å². The molecule has 0 atom stereocenters. The van der Waals surface area contributed by atoms with Gasteiger partial charge in [-0.1, -0.05) is 26.0 Å². The molecule has 0 aliphatic carbocycles. The lowest BCUT2D eigenvalue weighted by atomic mass is 10.2. The molecule has 0 aromatic heterocycles. The van der Waals surface area contributed by atoms with Gasteiger partial charge in [-0.05, 0) is 30.3 Å². The van der Waals surface area contributed by atoms with E-state index in [1.807, 2.05) is 0 Å². The first-order valence-electron chi connectivity index (χ1n) is 6.79. The highest BCUT2D eigenvalue weighted by Crippen LogP contribution is 2.31. The van der Waals surface area contributed by atoms with Gasteiger partial charge in [-0.3, -0.25) is 14.9 Å². The van der Waals surface area contributed by atoms with E-state index in [2.05, 4.69) is 5.32 Å². The molecule has 1 N–H and O–H groups in total. The molecule has 0 bridgehead atoms. The van der Waals surface area contributed by atoms with Gasteiger partial charge in [0.05, 0.1) is 4.92 Å². The number of hydrogen-bond acceptors (Lipinski definition) is 4. The van der Waals surface area contributed by atoms with Crippen LogP contribution in [0, 0.1) is 16.0 Å². The second kappa shape index (κ2) is 6.71. The molecular formula is C16H16N2O4. The van der Waals surface area contributed by atoms with Crippen LogP contribution in [0.1, 0.15) is 13.8 Å². The van der Waals surface area contributed by atoms with Crippen molar-refractivity contribution < 1.29 is 14.5 Å². The molecule has 6 nitrogen and oxygen atoms in total. The van der Waals surface area contributed by atoms with Crippen LogP contribution in [-0.2, 0) is 4.79 Å². The van der Waals surface area contributed by atoms with Crippen LogP contribution in [-0.4, -0.2) is 10.8 Å². The summed E-state index contributed by atoms with van der Waals surface area (Å²) in [5.74, 6) is 0.443. The lowest BCUT2D eigenvalue weighted by Gasteiger charge is -2.09. The van der Waals surface area contributed by atoms with E-state index in [1.54, 1.807) is 50.2 Å². The number of ether oxygens (including phenoxy) is 1. The maximum Gasteiger partial charge on any atom is 0.311 e. The Kier molecular flexibility index (Phi) is 4.73. The zero-order valence-electron chi connectivity index (χ0n) is 12.3. The molecule has 0 fully saturated rings. The minimum absolute atomic E-state index is 0.0765. The summed E-state index contributed by atoms with van der Waals surface area (Å²) in [5.41, 5.74) is 0.549. The average Bonchev–Trinajstić information content (AvgIpc) is 2.49. The Balaban J connectivity index is 2.12. The average molecular weight is 300 g/mol. The molecule has 2 rings (SSSR count).